The van der Waals surface area contributed by atoms with Gasteiger partial charge in [-0.2, -0.15) is 13.2 Å². The Hall–Kier alpha value is -0.710. The highest BCUT2D eigenvalue weighted by Crippen LogP contribution is 2.20. The number of aromatic nitrogens is 2. The Bertz CT molecular complexity index is 269. The van der Waals surface area contributed by atoms with Gasteiger partial charge in [-0.05, 0) is 0 Å². The molecular formula is C7H8ClF3N2. The summed E-state index contributed by atoms with van der Waals surface area (Å²) in [7, 11) is 0. The van der Waals surface area contributed by atoms with E-state index in [1.165, 1.54) is 17.1 Å². The van der Waals surface area contributed by atoms with Crippen molar-refractivity contribution in [2.24, 2.45) is 0 Å². The van der Waals surface area contributed by atoms with E-state index in [9.17, 15) is 13.2 Å². The van der Waals surface area contributed by atoms with Crippen LogP contribution in [0.3, 0.4) is 0 Å². The number of halogens is 4. The first-order chi connectivity index (χ1) is 6.03. The molecule has 0 atom stereocenters. The highest BCUT2D eigenvalue weighted by Gasteiger charge is 2.26. The number of imidazole rings is 1. The van der Waals surface area contributed by atoms with Gasteiger partial charge in [0.1, 0.15) is 0 Å². The second-order valence-corrected chi connectivity index (χ2v) is 2.84. The van der Waals surface area contributed by atoms with E-state index >= 15 is 0 Å². The van der Waals surface area contributed by atoms with Crippen LogP contribution in [0.15, 0.2) is 12.5 Å². The van der Waals surface area contributed by atoms with Crippen molar-refractivity contribution in [3.05, 3.63) is 18.2 Å². The molecule has 0 bridgehead atoms. The van der Waals surface area contributed by atoms with Gasteiger partial charge in [0.2, 0.25) is 0 Å². The Morgan fingerprint density at radius 2 is 2.15 bits per heavy atom. The molecular weight excluding hydrogens is 205 g/mol. The first-order valence-corrected chi connectivity index (χ1v) is 4.18. The Labute approximate surface area is 78.3 Å². The Morgan fingerprint density at radius 3 is 2.69 bits per heavy atom. The molecule has 1 aromatic rings. The van der Waals surface area contributed by atoms with Gasteiger partial charge in [0.05, 0.1) is 24.3 Å². The van der Waals surface area contributed by atoms with Crippen molar-refractivity contribution in [2.45, 2.75) is 25.0 Å². The summed E-state index contributed by atoms with van der Waals surface area (Å²) in [5.74, 6) is 0.178. The fraction of sp³-hybridized carbons (Fsp3) is 0.571. The van der Waals surface area contributed by atoms with Crippen LogP contribution < -0.4 is 0 Å². The molecule has 0 aliphatic heterocycles. The number of rotatable bonds is 3. The highest BCUT2D eigenvalue weighted by atomic mass is 35.5. The zero-order valence-electron chi connectivity index (χ0n) is 6.68. The molecule has 0 saturated carbocycles. The van der Waals surface area contributed by atoms with Gasteiger partial charge in [-0.3, -0.25) is 0 Å². The second-order valence-electron chi connectivity index (χ2n) is 2.58. The third-order valence-electron chi connectivity index (χ3n) is 1.57. The summed E-state index contributed by atoms with van der Waals surface area (Å²) < 4.78 is 36.9. The third kappa shape index (κ3) is 3.26. The van der Waals surface area contributed by atoms with Gasteiger partial charge in [0, 0.05) is 12.7 Å². The molecule has 74 valence electrons. The summed E-state index contributed by atoms with van der Waals surface area (Å²) in [5, 5.41) is 0. The molecule has 1 heterocycles. The molecule has 0 spiro atoms. The van der Waals surface area contributed by atoms with E-state index in [0.29, 0.717) is 5.69 Å². The molecule has 0 amide bonds. The molecule has 2 nitrogen and oxygen atoms in total. The first kappa shape index (κ1) is 10.4. The predicted octanol–water partition coefficient (Wildman–Crippen LogP) is 2.57. The number of nitrogens with zero attached hydrogens (tertiary/aromatic N) is 2. The molecule has 0 aromatic carbocycles. The van der Waals surface area contributed by atoms with Crippen molar-refractivity contribution in [3.63, 3.8) is 0 Å². The summed E-state index contributed by atoms with van der Waals surface area (Å²) in [4.78, 5) is 3.70. The van der Waals surface area contributed by atoms with Crippen LogP contribution in [-0.4, -0.2) is 15.7 Å². The lowest BCUT2D eigenvalue weighted by Crippen LogP contribution is -2.12. The normalized spacial score (nSPS) is 12.0. The van der Waals surface area contributed by atoms with E-state index in [1.807, 2.05) is 0 Å². The smallest absolute Gasteiger partial charge is 0.333 e. The van der Waals surface area contributed by atoms with Gasteiger partial charge in [0.25, 0.3) is 0 Å². The topological polar surface area (TPSA) is 17.8 Å². The van der Waals surface area contributed by atoms with Crippen LogP contribution in [0.4, 0.5) is 13.2 Å². The van der Waals surface area contributed by atoms with Gasteiger partial charge in [-0.1, -0.05) is 0 Å². The number of aryl methyl sites for hydroxylation is 1. The van der Waals surface area contributed by atoms with Crippen LogP contribution >= 0.6 is 11.6 Å². The van der Waals surface area contributed by atoms with Crippen LogP contribution in [0, 0.1) is 0 Å². The van der Waals surface area contributed by atoms with Gasteiger partial charge < -0.3 is 4.57 Å². The van der Waals surface area contributed by atoms with E-state index in [2.05, 4.69) is 4.98 Å². The standard InChI is InChI=1S/C7H8ClF3N2/c8-3-6-4-12-5-13(6)2-1-7(9,10)11/h4-5H,1-3H2. The van der Waals surface area contributed by atoms with Crippen LogP contribution in [0.2, 0.25) is 0 Å². The first-order valence-electron chi connectivity index (χ1n) is 3.64. The van der Waals surface area contributed by atoms with Crippen molar-refractivity contribution in [1.29, 1.82) is 0 Å². The van der Waals surface area contributed by atoms with Crippen molar-refractivity contribution >= 4 is 11.6 Å². The molecule has 0 aliphatic carbocycles. The summed E-state index contributed by atoms with van der Waals surface area (Å²) in [6.07, 6.45) is -2.17. The van der Waals surface area contributed by atoms with E-state index in [0.717, 1.165) is 0 Å². The van der Waals surface area contributed by atoms with Crippen molar-refractivity contribution in [1.82, 2.24) is 9.55 Å². The molecule has 0 aliphatic rings. The van der Waals surface area contributed by atoms with Crippen LogP contribution in [0.5, 0.6) is 0 Å². The minimum atomic E-state index is -4.13. The molecule has 0 N–H and O–H groups in total. The molecule has 1 rings (SSSR count). The highest BCUT2D eigenvalue weighted by molar-refractivity contribution is 6.16. The van der Waals surface area contributed by atoms with Crippen molar-refractivity contribution in [3.8, 4) is 0 Å². The molecule has 0 fully saturated rings. The molecule has 0 unspecified atom stereocenters. The third-order valence-corrected chi connectivity index (χ3v) is 1.85. The monoisotopic (exact) mass is 212 g/mol. The van der Waals surface area contributed by atoms with Gasteiger partial charge >= 0.3 is 6.18 Å². The van der Waals surface area contributed by atoms with Gasteiger partial charge in [0.15, 0.2) is 0 Å². The van der Waals surface area contributed by atoms with Crippen LogP contribution in [0.1, 0.15) is 12.1 Å². The van der Waals surface area contributed by atoms with E-state index in [4.69, 9.17) is 11.6 Å². The maximum atomic E-state index is 11.8. The lowest BCUT2D eigenvalue weighted by Gasteiger charge is -2.08. The summed E-state index contributed by atoms with van der Waals surface area (Å²) in [6, 6.07) is 0. The average molecular weight is 213 g/mol. The summed E-state index contributed by atoms with van der Waals surface area (Å²) in [6.45, 7) is -0.119. The van der Waals surface area contributed by atoms with Gasteiger partial charge in [-0.15, -0.1) is 11.6 Å². The van der Waals surface area contributed by atoms with Crippen molar-refractivity contribution < 1.29 is 13.2 Å². The summed E-state index contributed by atoms with van der Waals surface area (Å²) >= 11 is 5.48. The lowest BCUT2D eigenvalue weighted by atomic mass is 10.4. The maximum Gasteiger partial charge on any atom is 0.390 e. The number of alkyl halides is 4. The summed E-state index contributed by atoms with van der Waals surface area (Å²) in [5.41, 5.74) is 0.603. The predicted molar refractivity (Wildman–Crippen MR) is 42.5 cm³/mol. The average Bonchev–Trinajstić information content (AvgIpc) is 2.46. The Morgan fingerprint density at radius 1 is 1.46 bits per heavy atom. The largest absolute Gasteiger partial charge is 0.390 e. The molecule has 1 aromatic heterocycles. The van der Waals surface area contributed by atoms with Gasteiger partial charge in [-0.25, -0.2) is 4.98 Å². The molecule has 13 heavy (non-hydrogen) atoms. The van der Waals surface area contributed by atoms with Crippen LogP contribution in [-0.2, 0) is 12.4 Å². The minimum Gasteiger partial charge on any atom is -0.333 e. The molecule has 0 saturated heterocycles. The van der Waals surface area contributed by atoms with Crippen molar-refractivity contribution in [2.75, 3.05) is 0 Å². The zero-order chi connectivity index (χ0) is 9.90. The molecule has 6 heteroatoms. The van der Waals surface area contributed by atoms with Crippen LogP contribution in [0.25, 0.3) is 0 Å². The SMILES string of the molecule is FC(F)(F)CCn1cncc1CCl. The zero-order valence-corrected chi connectivity index (χ0v) is 7.44. The quantitative estimate of drug-likeness (QED) is 0.705. The lowest BCUT2D eigenvalue weighted by molar-refractivity contribution is -0.136. The minimum absolute atomic E-state index is 0.119. The van der Waals surface area contributed by atoms with E-state index < -0.39 is 12.6 Å². The second kappa shape index (κ2) is 4.00. The van der Waals surface area contributed by atoms with E-state index in [1.54, 1.807) is 0 Å². The Kier molecular flexibility index (Phi) is 3.19. The molecule has 0 radical (unpaired) electrons. The fourth-order valence-corrected chi connectivity index (χ4v) is 1.13. The number of hydrogen-bond acceptors (Lipinski definition) is 1. The van der Waals surface area contributed by atoms with E-state index in [-0.39, 0.29) is 12.4 Å². The Balaban J connectivity index is 2.54. The maximum absolute atomic E-state index is 11.8. The number of hydrogen-bond donors (Lipinski definition) is 0. The fourth-order valence-electron chi connectivity index (χ4n) is 0.908.